The maximum atomic E-state index is 7.33. The molecular weight excluding hydrogens is 805 g/mol. The first-order valence-corrected chi connectivity index (χ1v) is 22.7. The second-order valence-corrected chi connectivity index (χ2v) is 17.7. The molecular formula is C61H38N4O. The zero-order valence-electron chi connectivity index (χ0n) is 35.7. The van der Waals surface area contributed by atoms with E-state index in [1.54, 1.807) is 0 Å². The van der Waals surface area contributed by atoms with Gasteiger partial charge >= 0.3 is 0 Å². The Morgan fingerprint density at radius 3 is 1.42 bits per heavy atom. The van der Waals surface area contributed by atoms with Crippen LogP contribution in [0.1, 0.15) is 11.1 Å². The van der Waals surface area contributed by atoms with Gasteiger partial charge in [-0.1, -0.05) is 109 Å². The summed E-state index contributed by atoms with van der Waals surface area (Å²) in [6.07, 6.45) is 0.863. The third-order valence-electron chi connectivity index (χ3n) is 14.2. The summed E-state index contributed by atoms with van der Waals surface area (Å²) in [7, 11) is 0. The molecule has 10 aromatic carbocycles. The van der Waals surface area contributed by atoms with Gasteiger partial charge in [0.05, 0.1) is 43.9 Å². The SMILES string of the molecule is c1ccc(N2c3ccccc3Cc3cc(-n4c5ccccc5c5c6oc7c(ccc8c7c7ccccc7n8-c7ccc8c(c7)c7ccccc7n8-c7ccccc7)c6ccc54)ccc32)cc1. The van der Waals surface area contributed by atoms with Crippen molar-refractivity contribution in [3.63, 3.8) is 0 Å². The highest BCUT2D eigenvalue weighted by molar-refractivity contribution is 6.29. The number of hydrogen-bond acceptors (Lipinski definition) is 2. The average Bonchev–Trinajstić information content (AvgIpc) is 4.12. The van der Waals surface area contributed by atoms with Crippen molar-refractivity contribution in [3.05, 3.63) is 230 Å². The van der Waals surface area contributed by atoms with Gasteiger partial charge in [-0.2, -0.15) is 0 Å². The lowest BCUT2D eigenvalue weighted by atomic mass is 9.94. The molecule has 0 radical (unpaired) electrons. The summed E-state index contributed by atoms with van der Waals surface area (Å²) in [5, 5.41) is 9.29. The number of hydrogen-bond donors (Lipinski definition) is 0. The fraction of sp³-hybridized carbons (Fsp3) is 0.0164. The lowest BCUT2D eigenvalue weighted by Crippen LogP contribution is -2.18. The van der Waals surface area contributed by atoms with E-state index in [2.05, 4.69) is 237 Å². The van der Waals surface area contributed by atoms with Crippen LogP contribution in [0.15, 0.2) is 223 Å². The first kappa shape index (κ1) is 35.6. The summed E-state index contributed by atoms with van der Waals surface area (Å²) in [5.41, 5.74) is 18.4. The van der Waals surface area contributed by atoms with Crippen LogP contribution in [0.5, 0.6) is 0 Å². The molecule has 15 rings (SSSR count). The predicted octanol–water partition coefficient (Wildman–Crippen LogP) is 16.3. The third kappa shape index (κ3) is 4.83. The van der Waals surface area contributed by atoms with Crippen molar-refractivity contribution in [2.75, 3.05) is 4.90 Å². The van der Waals surface area contributed by atoms with Crippen molar-refractivity contribution in [1.29, 1.82) is 0 Å². The standard InChI is InChI=1S/C61H38N4O/c1-3-16-40(17-4-1)62-50-23-11-7-15-38(50)35-39-36-42(27-31-51(39)62)64-53-25-13-9-21-47(53)58-56(64)33-29-45-46-30-34-57-59(61(46)66-60(45)58)48-22-10-14-26-54(48)65(57)43-28-32-55-49(37-43)44-20-8-12-24-52(44)63(55)41-18-5-2-6-19-41/h1-34,36-37H,35H2. The molecule has 308 valence electrons. The Balaban J connectivity index is 0.940. The number of nitrogens with zero attached hydrogens (tertiary/aromatic N) is 4. The first-order valence-electron chi connectivity index (χ1n) is 22.7. The Labute approximate surface area is 378 Å². The fourth-order valence-corrected chi connectivity index (χ4v) is 11.4. The molecule has 0 unspecified atom stereocenters. The van der Waals surface area contributed by atoms with E-state index in [0.29, 0.717) is 0 Å². The molecule has 0 fully saturated rings. The largest absolute Gasteiger partial charge is 0.455 e. The molecule has 0 N–H and O–H groups in total. The normalized spacial score (nSPS) is 12.8. The minimum Gasteiger partial charge on any atom is -0.455 e. The van der Waals surface area contributed by atoms with Gasteiger partial charge in [-0.15, -0.1) is 0 Å². The molecule has 0 saturated carbocycles. The number of benzene rings is 10. The smallest absolute Gasteiger partial charge is 0.145 e. The van der Waals surface area contributed by atoms with Gasteiger partial charge in [-0.3, -0.25) is 0 Å². The highest BCUT2D eigenvalue weighted by Gasteiger charge is 2.27. The van der Waals surface area contributed by atoms with E-state index < -0.39 is 0 Å². The fourth-order valence-electron chi connectivity index (χ4n) is 11.4. The van der Waals surface area contributed by atoms with Gasteiger partial charge in [0, 0.05) is 72.9 Å². The van der Waals surface area contributed by atoms with E-state index >= 15 is 0 Å². The van der Waals surface area contributed by atoms with Gasteiger partial charge in [-0.05, 0) is 120 Å². The number of anilines is 3. The third-order valence-corrected chi connectivity index (χ3v) is 14.2. The van der Waals surface area contributed by atoms with E-state index in [4.69, 9.17) is 4.42 Å². The van der Waals surface area contributed by atoms with Gasteiger partial charge in [0.15, 0.2) is 0 Å². The van der Waals surface area contributed by atoms with Crippen molar-refractivity contribution in [3.8, 4) is 17.1 Å². The Bertz CT molecular complexity index is 4320. The Morgan fingerprint density at radius 2 is 0.758 bits per heavy atom. The zero-order valence-corrected chi connectivity index (χ0v) is 35.7. The van der Waals surface area contributed by atoms with Gasteiger partial charge in [0.1, 0.15) is 11.2 Å². The Kier molecular flexibility index (Phi) is 7.22. The number of aromatic nitrogens is 3. The maximum absolute atomic E-state index is 7.33. The molecule has 0 atom stereocenters. The van der Waals surface area contributed by atoms with Crippen LogP contribution in [0.4, 0.5) is 17.1 Å². The van der Waals surface area contributed by atoms with Crippen molar-refractivity contribution in [2.45, 2.75) is 6.42 Å². The molecule has 1 aliphatic heterocycles. The Hall–Kier alpha value is -8.80. The van der Waals surface area contributed by atoms with E-state index in [1.807, 2.05) is 0 Å². The molecule has 0 saturated heterocycles. The van der Waals surface area contributed by atoms with Crippen LogP contribution in [0.3, 0.4) is 0 Å². The zero-order chi connectivity index (χ0) is 43.0. The Morgan fingerprint density at radius 1 is 0.288 bits per heavy atom. The average molecular weight is 843 g/mol. The summed E-state index contributed by atoms with van der Waals surface area (Å²) in [6.45, 7) is 0. The van der Waals surface area contributed by atoms with Crippen LogP contribution in [-0.2, 0) is 6.42 Å². The van der Waals surface area contributed by atoms with Crippen LogP contribution in [0.2, 0.25) is 0 Å². The van der Waals surface area contributed by atoms with Crippen LogP contribution in [-0.4, -0.2) is 13.7 Å². The molecule has 0 spiro atoms. The summed E-state index contributed by atoms with van der Waals surface area (Å²) in [5.74, 6) is 0. The van der Waals surface area contributed by atoms with Crippen LogP contribution < -0.4 is 4.90 Å². The number of fused-ring (bicyclic) bond motifs is 16. The van der Waals surface area contributed by atoms with Crippen molar-refractivity contribution in [1.82, 2.24) is 13.7 Å². The lowest BCUT2D eigenvalue weighted by molar-refractivity contribution is 0.677. The van der Waals surface area contributed by atoms with Crippen molar-refractivity contribution < 1.29 is 4.42 Å². The number of furan rings is 1. The maximum Gasteiger partial charge on any atom is 0.145 e. The molecule has 5 nitrogen and oxygen atoms in total. The summed E-state index contributed by atoms with van der Waals surface area (Å²) in [4.78, 5) is 2.41. The second-order valence-electron chi connectivity index (χ2n) is 17.7. The quantitative estimate of drug-likeness (QED) is 0.177. The molecule has 14 aromatic rings. The highest BCUT2D eigenvalue weighted by atomic mass is 16.3. The second kappa shape index (κ2) is 13.4. The predicted molar refractivity (Wildman–Crippen MR) is 274 cm³/mol. The number of rotatable bonds is 4. The summed E-state index contributed by atoms with van der Waals surface area (Å²) in [6, 6.07) is 79.5. The minimum absolute atomic E-state index is 0.863. The molecule has 0 aliphatic carbocycles. The van der Waals surface area contributed by atoms with Crippen LogP contribution in [0, 0.1) is 0 Å². The lowest BCUT2D eigenvalue weighted by Gasteiger charge is -2.34. The molecule has 4 aromatic heterocycles. The van der Waals surface area contributed by atoms with Crippen LogP contribution >= 0.6 is 0 Å². The van der Waals surface area contributed by atoms with E-state index in [0.717, 1.165) is 83.9 Å². The van der Waals surface area contributed by atoms with Gasteiger partial charge in [-0.25, -0.2) is 0 Å². The first-order chi connectivity index (χ1) is 32.8. The van der Waals surface area contributed by atoms with Crippen molar-refractivity contribution in [2.24, 2.45) is 0 Å². The minimum atomic E-state index is 0.863. The molecule has 0 amide bonds. The van der Waals surface area contributed by atoms with Crippen LogP contribution in [0.25, 0.3) is 104 Å². The molecule has 5 heterocycles. The summed E-state index contributed by atoms with van der Waals surface area (Å²) >= 11 is 0. The van der Waals surface area contributed by atoms with Gasteiger partial charge < -0.3 is 23.0 Å². The van der Waals surface area contributed by atoms with Gasteiger partial charge in [0.25, 0.3) is 0 Å². The monoisotopic (exact) mass is 842 g/mol. The van der Waals surface area contributed by atoms with E-state index in [1.165, 1.54) is 55.1 Å². The highest BCUT2D eigenvalue weighted by Crippen LogP contribution is 2.48. The molecule has 5 heteroatoms. The molecule has 0 bridgehead atoms. The van der Waals surface area contributed by atoms with Crippen molar-refractivity contribution >= 4 is 104 Å². The van der Waals surface area contributed by atoms with E-state index in [9.17, 15) is 0 Å². The summed E-state index contributed by atoms with van der Waals surface area (Å²) < 4.78 is 14.5. The number of para-hydroxylation sites is 6. The van der Waals surface area contributed by atoms with E-state index in [-0.39, 0.29) is 0 Å². The topological polar surface area (TPSA) is 31.2 Å². The molecule has 66 heavy (non-hydrogen) atoms. The van der Waals surface area contributed by atoms with Gasteiger partial charge in [0.2, 0.25) is 0 Å². The molecule has 1 aliphatic rings.